The molecule has 0 bridgehead atoms. The van der Waals surface area contributed by atoms with Crippen LogP contribution in [0.1, 0.15) is 39.9 Å². The summed E-state index contributed by atoms with van der Waals surface area (Å²) in [5.41, 5.74) is 4.79. The summed E-state index contributed by atoms with van der Waals surface area (Å²) in [6.07, 6.45) is 6.91. The Morgan fingerprint density at radius 1 is 1.15 bits per heavy atom. The van der Waals surface area contributed by atoms with Crippen molar-refractivity contribution in [1.82, 2.24) is 9.88 Å². The first-order valence-corrected chi connectivity index (χ1v) is 9.38. The van der Waals surface area contributed by atoms with Crippen molar-refractivity contribution in [3.05, 3.63) is 59.1 Å². The minimum absolute atomic E-state index is 0.0375. The molecule has 3 aromatic rings. The van der Waals surface area contributed by atoms with Gasteiger partial charge in [-0.2, -0.15) is 0 Å². The van der Waals surface area contributed by atoms with Crippen LogP contribution in [0.4, 0.5) is 0 Å². The number of nitrogens with zero attached hydrogens (tertiary/aromatic N) is 2. The standard InChI is InChI=1S/C22H24N2O3/c1-14-10-18-19(13-26-21(18)11-15(14)2)22(25)24-8-5-17(6-9-24)27-20-4-7-23-12-16(20)3/h4,7,10-13,17H,5-6,8-9H2,1-3H3. The number of likely N-dealkylation sites (tertiary alicyclic amines) is 1. The van der Waals surface area contributed by atoms with Crippen LogP contribution in [0.3, 0.4) is 0 Å². The molecule has 140 valence electrons. The largest absolute Gasteiger partial charge is 0.490 e. The fourth-order valence-electron chi connectivity index (χ4n) is 3.57. The lowest BCUT2D eigenvalue weighted by Gasteiger charge is -2.32. The van der Waals surface area contributed by atoms with Crippen molar-refractivity contribution in [1.29, 1.82) is 0 Å². The molecule has 0 spiro atoms. The van der Waals surface area contributed by atoms with Gasteiger partial charge in [0.05, 0.1) is 5.56 Å². The highest BCUT2D eigenvalue weighted by Gasteiger charge is 2.27. The predicted octanol–water partition coefficient (Wildman–Crippen LogP) is 4.44. The highest BCUT2D eigenvalue weighted by Crippen LogP contribution is 2.27. The van der Waals surface area contributed by atoms with Crippen LogP contribution in [0.25, 0.3) is 11.0 Å². The third-order valence-corrected chi connectivity index (χ3v) is 5.41. The van der Waals surface area contributed by atoms with Crippen molar-refractivity contribution >= 4 is 16.9 Å². The number of hydrogen-bond donors (Lipinski definition) is 0. The molecule has 1 aliphatic rings. The van der Waals surface area contributed by atoms with Gasteiger partial charge in [-0.15, -0.1) is 0 Å². The summed E-state index contributed by atoms with van der Waals surface area (Å²) in [5, 5.41) is 0.897. The molecule has 3 heterocycles. The molecule has 0 radical (unpaired) electrons. The number of piperidine rings is 1. The second-order valence-electron chi connectivity index (χ2n) is 7.33. The molecule has 5 nitrogen and oxygen atoms in total. The number of ether oxygens (including phenoxy) is 1. The summed E-state index contributed by atoms with van der Waals surface area (Å²) < 4.78 is 11.7. The molecule has 0 unspecified atom stereocenters. The van der Waals surface area contributed by atoms with Gasteiger partial charge < -0.3 is 14.1 Å². The number of carbonyl (C=O) groups excluding carboxylic acids is 1. The SMILES string of the molecule is Cc1cc2occ(C(=O)N3CCC(Oc4ccncc4C)CC3)c2cc1C. The molecular formula is C22H24N2O3. The van der Waals surface area contributed by atoms with E-state index in [1.54, 1.807) is 12.5 Å². The van der Waals surface area contributed by atoms with Crippen molar-refractivity contribution in [2.24, 2.45) is 0 Å². The van der Waals surface area contributed by atoms with E-state index in [1.807, 2.05) is 43.1 Å². The third kappa shape index (κ3) is 3.42. The van der Waals surface area contributed by atoms with Gasteiger partial charge in [-0.05, 0) is 50.1 Å². The molecule has 1 aromatic carbocycles. The molecule has 27 heavy (non-hydrogen) atoms. The van der Waals surface area contributed by atoms with Gasteiger partial charge in [0.1, 0.15) is 23.7 Å². The number of furan rings is 1. The topological polar surface area (TPSA) is 55.6 Å². The molecular weight excluding hydrogens is 340 g/mol. The molecule has 2 aromatic heterocycles. The van der Waals surface area contributed by atoms with E-state index in [9.17, 15) is 4.79 Å². The Bertz CT molecular complexity index is 984. The molecule has 1 fully saturated rings. The van der Waals surface area contributed by atoms with Gasteiger partial charge in [-0.1, -0.05) is 0 Å². The van der Waals surface area contributed by atoms with Crippen LogP contribution in [-0.4, -0.2) is 35.0 Å². The van der Waals surface area contributed by atoms with Crippen LogP contribution in [0.15, 0.2) is 41.3 Å². The zero-order valence-corrected chi connectivity index (χ0v) is 16.0. The quantitative estimate of drug-likeness (QED) is 0.690. The number of fused-ring (bicyclic) bond motifs is 1. The second-order valence-corrected chi connectivity index (χ2v) is 7.33. The van der Waals surface area contributed by atoms with Gasteiger partial charge in [0.25, 0.3) is 5.91 Å². The number of hydrogen-bond acceptors (Lipinski definition) is 4. The molecule has 0 atom stereocenters. The molecule has 1 saturated heterocycles. The van der Waals surface area contributed by atoms with E-state index < -0.39 is 0 Å². The number of amides is 1. The van der Waals surface area contributed by atoms with Crippen LogP contribution in [0.2, 0.25) is 0 Å². The van der Waals surface area contributed by atoms with E-state index in [-0.39, 0.29) is 12.0 Å². The Labute approximate surface area is 158 Å². The minimum atomic E-state index is 0.0375. The zero-order chi connectivity index (χ0) is 19.0. The fourth-order valence-corrected chi connectivity index (χ4v) is 3.57. The predicted molar refractivity (Wildman–Crippen MR) is 104 cm³/mol. The van der Waals surface area contributed by atoms with E-state index in [4.69, 9.17) is 9.15 Å². The van der Waals surface area contributed by atoms with Crippen molar-refractivity contribution in [3.63, 3.8) is 0 Å². The van der Waals surface area contributed by atoms with E-state index in [0.717, 1.165) is 40.7 Å². The molecule has 0 saturated carbocycles. The van der Waals surface area contributed by atoms with Crippen LogP contribution in [0.5, 0.6) is 5.75 Å². The Hall–Kier alpha value is -2.82. The molecule has 0 N–H and O–H groups in total. The first-order valence-electron chi connectivity index (χ1n) is 9.38. The monoisotopic (exact) mass is 364 g/mol. The van der Waals surface area contributed by atoms with Crippen molar-refractivity contribution in [2.75, 3.05) is 13.1 Å². The fraction of sp³-hybridized carbons (Fsp3) is 0.364. The third-order valence-electron chi connectivity index (χ3n) is 5.41. The lowest BCUT2D eigenvalue weighted by atomic mass is 10.0. The Morgan fingerprint density at radius 3 is 2.63 bits per heavy atom. The van der Waals surface area contributed by atoms with E-state index in [2.05, 4.69) is 11.9 Å². The maximum absolute atomic E-state index is 13.0. The second kappa shape index (κ2) is 7.06. The molecule has 4 rings (SSSR count). The Kier molecular flexibility index (Phi) is 4.60. The summed E-state index contributed by atoms with van der Waals surface area (Å²) >= 11 is 0. The normalized spacial score (nSPS) is 15.3. The lowest BCUT2D eigenvalue weighted by molar-refractivity contribution is 0.0595. The maximum atomic E-state index is 13.0. The number of rotatable bonds is 3. The average Bonchev–Trinajstić information content (AvgIpc) is 3.06. The Morgan fingerprint density at radius 2 is 1.89 bits per heavy atom. The summed E-state index contributed by atoms with van der Waals surface area (Å²) in [6.45, 7) is 7.47. The lowest BCUT2D eigenvalue weighted by Crippen LogP contribution is -2.41. The van der Waals surface area contributed by atoms with Gasteiger partial charge in [0, 0.05) is 49.3 Å². The number of aromatic nitrogens is 1. The maximum Gasteiger partial charge on any atom is 0.257 e. The van der Waals surface area contributed by atoms with Crippen molar-refractivity contribution in [3.8, 4) is 5.75 Å². The number of aryl methyl sites for hydroxylation is 3. The van der Waals surface area contributed by atoms with Crippen LogP contribution < -0.4 is 4.74 Å². The zero-order valence-electron chi connectivity index (χ0n) is 16.0. The first-order chi connectivity index (χ1) is 13.0. The van der Waals surface area contributed by atoms with E-state index >= 15 is 0 Å². The number of pyridine rings is 1. The molecule has 0 aliphatic carbocycles. The van der Waals surface area contributed by atoms with Crippen molar-refractivity contribution < 1.29 is 13.9 Å². The van der Waals surface area contributed by atoms with Crippen LogP contribution in [0, 0.1) is 20.8 Å². The van der Waals surface area contributed by atoms with Gasteiger partial charge in [-0.3, -0.25) is 9.78 Å². The van der Waals surface area contributed by atoms with Crippen LogP contribution in [-0.2, 0) is 0 Å². The summed E-state index contributed by atoms with van der Waals surface area (Å²) in [7, 11) is 0. The van der Waals surface area contributed by atoms with Crippen LogP contribution >= 0.6 is 0 Å². The summed E-state index contributed by atoms with van der Waals surface area (Å²) in [6, 6.07) is 5.94. The summed E-state index contributed by atoms with van der Waals surface area (Å²) in [4.78, 5) is 19.0. The van der Waals surface area contributed by atoms with Gasteiger partial charge in [-0.25, -0.2) is 0 Å². The molecule has 1 aliphatic heterocycles. The highest BCUT2D eigenvalue weighted by molar-refractivity contribution is 6.06. The van der Waals surface area contributed by atoms with E-state index in [1.165, 1.54) is 5.56 Å². The van der Waals surface area contributed by atoms with Gasteiger partial charge in [0.15, 0.2) is 0 Å². The smallest absolute Gasteiger partial charge is 0.257 e. The van der Waals surface area contributed by atoms with Crippen molar-refractivity contribution in [2.45, 2.75) is 39.7 Å². The molecule has 1 amide bonds. The Balaban J connectivity index is 1.45. The number of benzene rings is 1. The van der Waals surface area contributed by atoms with E-state index in [0.29, 0.717) is 18.7 Å². The minimum Gasteiger partial charge on any atom is -0.490 e. The first kappa shape index (κ1) is 17.6. The average molecular weight is 364 g/mol. The summed E-state index contributed by atoms with van der Waals surface area (Å²) in [5.74, 6) is 0.914. The molecule has 5 heteroatoms. The van der Waals surface area contributed by atoms with Gasteiger partial charge >= 0.3 is 0 Å². The highest BCUT2D eigenvalue weighted by atomic mass is 16.5. The van der Waals surface area contributed by atoms with Gasteiger partial charge in [0.2, 0.25) is 0 Å². The number of carbonyl (C=O) groups is 1.